The van der Waals surface area contributed by atoms with E-state index in [4.69, 9.17) is 10.00 Å². The van der Waals surface area contributed by atoms with Gasteiger partial charge in [-0.1, -0.05) is 25.8 Å². The van der Waals surface area contributed by atoms with Crippen molar-refractivity contribution < 1.29 is 19.1 Å². The lowest BCUT2D eigenvalue weighted by molar-refractivity contribution is -0.143. The number of nitrogens with zero attached hydrogens (tertiary/aromatic N) is 1. The first-order valence-electron chi connectivity index (χ1n) is 6.94. The van der Waals surface area contributed by atoms with Crippen LogP contribution in [-0.4, -0.2) is 25.7 Å². The largest absolute Gasteiger partial charge is 0.468 e. The van der Waals surface area contributed by atoms with Crippen LogP contribution in [0.3, 0.4) is 0 Å². The van der Waals surface area contributed by atoms with E-state index in [0.717, 1.165) is 25.7 Å². The molecule has 0 heterocycles. The summed E-state index contributed by atoms with van der Waals surface area (Å²) in [4.78, 5) is 23.2. The molecule has 1 atom stereocenters. The molecule has 0 aliphatic carbocycles. The maximum atomic E-state index is 11.8. The molecule has 112 valence electrons. The normalized spacial score (nSPS) is 12.4. The van der Waals surface area contributed by atoms with Crippen molar-refractivity contribution >= 4 is 11.9 Å². The molecule has 0 amide bonds. The highest BCUT2D eigenvalue weighted by Gasteiger charge is 2.23. The summed E-state index contributed by atoms with van der Waals surface area (Å²) in [6, 6.07) is 1.86. The zero-order chi connectivity index (χ0) is 15.4. The van der Waals surface area contributed by atoms with Crippen LogP contribution < -0.4 is 0 Å². The number of nitriles is 1. The van der Waals surface area contributed by atoms with E-state index in [-0.39, 0.29) is 13.0 Å². The van der Waals surface area contributed by atoms with Gasteiger partial charge >= 0.3 is 11.9 Å². The number of hydrogen-bond donors (Lipinski definition) is 0. The van der Waals surface area contributed by atoms with Crippen molar-refractivity contribution in [3.05, 3.63) is 11.6 Å². The van der Waals surface area contributed by atoms with Crippen molar-refractivity contribution in [1.82, 2.24) is 0 Å². The number of hydrogen-bond acceptors (Lipinski definition) is 5. The van der Waals surface area contributed by atoms with Crippen LogP contribution in [0.2, 0.25) is 0 Å². The third-order valence-electron chi connectivity index (χ3n) is 2.80. The second-order valence-electron chi connectivity index (χ2n) is 4.35. The number of allylic oxidation sites excluding steroid dienone is 1. The molecule has 0 aromatic carbocycles. The van der Waals surface area contributed by atoms with Crippen LogP contribution in [0.15, 0.2) is 11.6 Å². The van der Waals surface area contributed by atoms with E-state index in [1.807, 2.05) is 6.07 Å². The smallest absolute Gasteiger partial charge is 0.333 e. The fourth-order valence-corrected chi connectivity index (χ4v) is 1.69. The van der Waals surface area contributed by atoms with E-state index in [1.165, 1.54) is 7.11 Å². The van der Waals surface area contributed by atoms with Gasteiger partial charge in [-0.3, -0.25) is 4.79 Å². The first-order valence-corrected chi connectivity index (χ1v) is 6.94. The summed E-state index contributed by atoms with van der Waals surface area (Å²) in [6.07, 6.45) is 5.67. The average molecular weight is 281 g/mol. The van der Waals surface area contributed by atoms with Crippen molar-refractivity contribution in [2.45, 2.75) is 46.0 Å². The number of unbranched alkanes of at least 4 members (excludes halogenated alkanes) is 3. The summed E-state index contributed by atoms with van der Waals surface area (Å²) >= 11 is 0. The quantitative estimate of drug-likeness (QED) is 0.369. The van der Waals surface area contributed by atoms with Crippen LogP contribution in [0.1, 0.15) is 46.0 Å². The summed E-state index contributed by atoms with van der Waals surface area (Å²) in [5, 5.41) is 8.97. The van der Waals surface area contributed by atoms with E-state index in [1.54, 1.807) is 13.0 Å². The van der Waals surface area contributed by atoms with Crippen LogP contribution in [0.25, 0.3) is 0 Å². The van der Waals surface area contributed by atoms with Crippen molar-refractivity contribution in [2.24, 2.45) is 5.92 Å². The highest BCUT2D eigenvalue weighted by Crippen LogP contribution is 2.16. The molecule has 0 aromatic rings. The summed E-state index contributed by atoms with van der Waals surface area (Å²) in [5.41, 5.74) is 0.375. The van der Waals surface area contributed by atoms with E-state index in [2.05, 4.69) is 11.7 Å². The molecule has 0 radical (unpaired) electrons. The van der Waals surface area contributed by atoms with E-state index in [0.29, 0.717) is 5.57 Å². The van der Waals surface area contributed by atoms with Gasteiger partial charge in [0.2, 0.25) is 0 Å². The highest BCUT2D eigenvalue weighted by molar-refractivity contribution is 5.89. The fourth-order valence-electron chi connectivity index (χ4n) is 1.69. The zero-order valence-electron chi connectivity index (χ0n) is 12.5. The molecule has 0 fully saturated rings. The molecule has 5 heteroatoms. The molecule has 20 heavy (non-hydrogen) atoms. The van der Waals surface area contributed by atoms with Gasteiger partial charge in [0.15, 0.2) is 0 Å². The second kappa shape index (κ2) is 11.0. The van der Waals surface area contributed by atoms with Gasteiger partial charge < -0.3 is 9.47 Å². The van der Waals surface area contributed by atoms with Gasteiger partial charge in [0.1, 0.15) is 5.92 Å². The number of esters is 2. The lowest BCUT2D eigenvalue weighted by atomic mass is 9.99. The van der Waals surface area contributed by atoms with Crippen molar-refractivity contribution in [1.29, 1.82) is 5.26 Å². The van der Waals surface area contributed by atoms with Gasteiger partial charge in [0.05, 0.1) is 19.8 Å². The number of rotatable bonds is 9. The standard InChI is InChI=1S/C15H23NO4/c1-4-6-7-8-9-12(15(18)20-5-2)10-13(11-16)14(17)19-3/h9,13H,4-8,10H2,1-3H3/b12-9-. The summed E-state index contributed by atoms with van der Waals surface area (Å²) < 4.78 is 9.50. The molecule has 0 bridgehead atoms. The molecule has 0 aliphatic rings. The zero-order valence-corrected chi connectivity index (χ0v) is 12.5. The Hall–Kier alpha value is -1.83. The molecule has 0 aromatic heterocycles. The number of carbonyl (C=O) groups is 2. The summed E-state index contributed by atoms with van der Waals surface area (Å²) in [6.45, 7) is 4.08. The third-order valence-corrected chi connectivity index (χ3v) is 2.80. The molecule has 0 saturated carbocycles. The first-order chi connectivity index (χ1) is 9.60. The minimum Gasteiger partial charge on any atom is -0.468 e. The van der Waals surface area contributed by atoms with Crippen LogP contribution >= 0.6 is 0 Å². The van der Waals surface area contributed by atoms with Gasteiger partial charge in [-0.25, -0.2) is 4.79 Å². The van der Waals surface area contributed by atoms with E-state index in [9.17, 15) is 9.59 Å². The van der Waals surface area contributed by atoms with Gasteiger partial charge in [-0.05, 0) is 19.8 Å². The van der Waals surface area contributed by atoms with Crippen LogP contribution in [0.4, 0.5) is 0 Å². The molecule has 0 aliphatic heterocycles. The SMILES string of the molecule is CCCCC/C=C(/CC(C#N)C(=O)OC)C(=O)OCC. The fraction of sp³-hybridized carbons (Fsp3) is 0.667. The molecule has 0 N–H and O–H groups in total. The molecule has 0 rings (SSSR count). The third kappa shape index (κ3) is 6.93. The Labute approximate surface area is 120 Å². The Morgan fingerprint density at radius 2 is 2.00 bits per heavy atom. The van der Waals surface area contributed by atoms with E-state index >= 15 is 0 Å². The lowest BCUT2D eigenvalue weighted by Crippen LogP contribution is -2.18. The van der Waals surface area contributed by atoms with Crippen LogP contribution in [0, 0.1) is 17.2 Å². The Morgan fingerprint density at radius 3 is 2.50 bits per heavy atom. The molecule has 0 spiro atoms. The van der Waals surface area contributed by atoms with Gasteiger partial charge in [0, 0.05) is 12.0 Å². The lowest BCUT2D eigenvalue weighted by Gasteiger charge is -2.10. The predicted octanol–water partition coefficient (Wildman–Crippen LogP) is 2.76. The topological polar surface area (TPSA) is 76.4 Å². The molecule has 5 nitrogen and oxygen atoms in total. The van der Waals surface area contributed by atoms with Crippen molar-refractivity contribution in [2.75, 3.05) is 13.7 Å². The Kier molecular flexibility index (Phi) is 10.0. The van der Waals surface area contributed by atoms with Gasteiger partial charge in [-0.15, -0.1) is 0 Å². The Bertz CT molecular complexity index is 382. The van der Waals surface area contributed by atoms with Crippen molar-refractivity contribution in [3.8, 4) is 6.07 Å². The Morgan fingerprint density at radius 1 is 1.30 bits per heavy atom. The van der Waals surface area contributed by atoms with Crippen LogP contribution in [0.5, 0.6) is 0 Å². The maximum Gasteiger partial charge on any atom is 0.333 e. The van der Waals surface area contributed by atoms with Crippen molar-refractivity contribution in [3.63, 3.8) is 0 Å². The maximum absolute atomic E-state index is 11.8. The second-order valence-corrected chi connectivity index (χ2v) is 4.35. The minimum absolute atomic E-state index is 0.0358. The first kappa shape index (κ1) is 18.2. The summed E-state index contributed by atoms with van der Waals surface area (Å²) in [5.74, 6) is -2.06. The van der Waals surface area contributed by atoms with E-state index < -0.39 is 17.9 Å². The molecule has 1 unspecified atom stereocenters. The number of ether oxygens (including phenoxy) is 2. The minimum atomic E-state index is -0.971. The highest BCUT2D eigenvalue weighted by atomic mass is 16.5. The number of methoxy groups -OCH3 is 1. The molecular formula is C15H23NO4. The monoisotopic (exact) mass is 281 g/mol. The predicted molar refractivity (Wildman–Crippen MR) is 74.6 cm³/mol. The molecular weight excluding hydrogens is 258 g/mol. The van der Waals surface area contributed by atoms with Gasteiger partial charge in [-0.2, -0.15) is 5.26 Å². The molecule has 0 saturated heterocycles. The number of carbonyl (C=O) groups excluding carboxylic acids is 2. The van der Waals surface area contributed by atoms with Gasteiger partial charge in [0.25, 0.3) is 0 Å². The summed E-state index contributed by atoms with van der Waals surface area (Å²) in [7, 11) is 1.22. The van der Waals surface area contributed by atoms with Crippen LogP contribution in [-0.2, 0) is 19.1 Å². The Balaban J connectivity index is 4.79. The average Bonchev–Trinajstić information content (AvgIpc) is 2.46.